The largest absolute Gasteiger partial charge is 0.493 e. The highest BCUT2D eigenvalue weighted by atomic mass is 16.6. The molecule has 0 fully saturated rings. The summed E-state index contributed by atoms with van der Waals surface area (Å²) >= 11 is 0. The molecule has 1 aliphatic heterocycles. The van der Waals surface area contributed by atoms with Crippen LogP contribution in [-0.4, -0.2) is 39.9 Å². The molecule has 0 radical (unpaired) electrons. The van der Waals surface area contributed by atoms with Gasteiger partial charge in [0.15, 0.2) is 6.10 Å². The lowest BCUT2D eigenvalue weighted by Gasteiger charge is -2.30. The maximum atomic E-state index is 13.4. The average molecular weight is 501 g/mol. The van der Waals surface area contributed by atoms with Crippen LogP contribution >= 0.6 is 0 Å². The summed E-state index contributed by atoms with van der Waals surface area (Å²) in [5.74, 6) is 0.361. The summed E-state index contributed by atoms with van der Waals surface area (Å²) in [5, 5.41) is 11.5. The van der Waals surface area contributed by atoms with E-state index in [-0.39, 0.29) is 13.2 Å². The van der Waals surface area contributed by atoms with Crippen LogP contribution in [-0.2, 0) is 27.3 Å². The van der Waals surface area contributed by atoms with Crippen molar-refractivity contribution >= 4 is 27.8 Å². The van der Waals surface area contributed by atoms with Gasteiger partial charge in [-0.15, -0.1) is 0 Å². The number of ether oxygens (including phenoxy) is 3. The highest BCUT2D eigenvalue weighted by Crippen LogP contribution is 2.45. The third kappa shape index (κ3) is 4.65. The zero-order chi connectivity index (χ0) is 26.3. The Morgan fingerprint density at radius 2 is 2.00 bits per heavy atom. The molecular formula is C30H32N2O5. The summed E-state index contributed by atoms with van der Waals surface area (Å²) in [6.07, 6.45) is 1.67. The molecule has 1 aliphatic rings. The number of benzene rings is 2. The van der Waals surface area contributed by atoms with Crippen LogP contribution < -0.4 is 4.74 Å². The predicted molar refractivity (Wildman–Crippen MR) is 143 cm³/mol. The fourth-order valence-corrected chi connectivity index (χ4v) is 5.08. The molecule has 1 N–H and O–H groups in total. The summed E-state index contributed by atoms with van der Waals surface area (Å²) in [6, 6.07) is 11.7. The van der Waals surface area contributed by atoms with Gasteiger partial charge in [0.2, 0.25) is 0 Å². The molecule has 7 heteroatoms. The van der Waals surface area contributed by atoms with E-state index in [1.165, 1.54) is 5.56 Å². The number of rotatable bonds is 6. The molecule has 0 spiro atoms. The molecule has 0 unspecified atom stereocenters. The first-order valence-corrected chi connectivity index (χ1v) is 12.6. The highest BCUT2D eigenvalue weighted by molar-refractivity contribution is 6.08. The predicted octanol–water partition coefficient (Wildman–Crippen LogP) is 5.60. The van der Waals surface area contributed by atoms with Gasteiger partial charge in [-0.1, -0.05) is 6.07 Å². The van der Waals surface area contributed by atoms with E-state index in [9.17, 15) is 9.90 Å². The molecule has 37 heavy (non-hydrogen) atoms. The minimum atomic E-state index is -0.959. The number of aliphatic hydroxyl groups excluding tert-OH is 1. The number of aryl methyl sites for hydroxylation is 1. The molecule has 4 aromatic rings. The van der Waals surface area contributed by atoms with E-state index in [2.05, 4.69) is 4.98 Å². The Kier molecular flexibility index (Phi) is 6.60. The van der Waals surface area contributed by atoms with Crippen molar-refractivity contribution in [3.63, 3.8) is 0 Å². The quantitative estimate of drug-likeness (QED) is 0.344. The van der Waals surface area contributed by atoms with Crippen molar-refractivity contribution in [3.8, 4) is 16.9 Å². The molecule has 0 saturated carbocycles. The highest BCUT2D eigenvalue weighted by Gasteiger charge is 2.34. The van der Waals surface area contributed by atoms with Crippen molar-refractivity contribution in [2.75, 3.05) is 13.2 Å². The molecule has 0 aliphatic carbocycles. The topological polar surface area (TPSA) is 90.8 Å². The van der Waals surface area contributed by atoms with Crippen molar-refractivity contribution < 1.29 is 24.1 Å². The van der Waals surface area contributed by atoms with Gasteiger partial charge < -0.3 is 19.3 Å². The summed E-state index contributed by atoms with van der Waals surface area (Å²) < 4.78 is 17.9. The molecule has 2 aromatic heterocycles. The molecule has 0 bridgehead atoms. The van der Waals surface area contributed by atoms with E-state index < -0.39 is 17.7 Å². The third-order valence-electron chi connectivity index (χ3n) is 6.53. The first kappa shape index (κ1) is 25.1. The molecule has 192 valence electrons. The normalized spacial score (nSPS) is 14.0. The maximum absolute atomic E-state index is 13.4. The zero-order valence-corrected chi connectivity index (χ0v) is 21.9. The number of hydrogen-bond donors (Lipinski definition) is 1. The van der Waals surface area contributed by atoms with Gasteiger partial charge in [-0.05, 0) is 81.6 Å². The number of carbonyl (C=O) groups excluding carboxylic acids is 1. The number of esters is 1. The van der Waals surface area contributed by atoms with Gasteiger partial charge in [0.25, 0.3) is 0 Å². The van der Waals surface area contributed by atoms with E-state index in [1.54, 1.807) is 13.0 Å². The molecule has 1 atom stereocenters. The van der Waals surface area contributed by atoms with Crippen LogP contribution in [0.5, 0.6) is 5.75 Å². The lowest BCUT2D eigenvalue weighted by molar-refractivity contribution is -0.166. The number of carbonyl (C=O) groups is 1. The number of fused-ring (bicyclic) bond motifs is 1. The Hall–Kier alpha value is -3.55. The van der Waals surface area contributed by atoms with Gasteiger partial charge in [-0.25, -0.2) is 4.79 Å². The average Bonchev–Trinajstić information content (AvgIpc) is 2.87. The standard InChI is InChI=1S/C30H32N2O5/c1-6-35-29(34)28(37-30(3,4)5)24-17(2)15-22-20(8-7-19(16-33)32-22)26(24)21-9-10-23-25-18(12-14-36-23)11-13-31-27(21)25/h7-11,13,15,28,33H,6,12,14,16H2,1-5H3/t28-/m0/s1. The van der Waals surface area contributed by atoms with Gasteiger partial charge in [0.05, 0.1) is 42.1 Å². The van der Waals surface area contributed by atoms with Crippen molar-refractivity contribution in [2.45, 2.75) is 59.4 Å². The van der Waals surface area contributed by atoms with Crippen molar-refractivity contribution in [1.82, 2.24) is 9.97 Å². The molecule has 7 nitrogen and oxygen atoms in total. The van der Waals surface area contributed by atoms with E-state index in [0.717, 1.165) is 56.2 Å². The lowest BCUT2D eigenvalue weighted by atomic mass is 9.86. The van der Waals surface area contributed by atoms with Crippen LogP contribution in [0.4, 0.5) is 0 Å². The summed E-state index contributed by atoms with van der Waals surface area (Å²) in [5.41, 5.74) is 5.90. The van der Waals surface area contributed by atoms with Crippen molar-refractivity contribution in [3.05, 3.63) is 65.0 Å². The fraction of sp³-hybridized carbons (Fsp3) is 0.367. The van der Waals surface area contributed by atoms with E-state index in [0.29, 0.717) is 12.3 Å². The third-order valence-corrected chi connectivity index (χ3v) is 6.53. The second-order valence-corrected chi connectivity index (χ2v) is 10.3. The Labute approximate surface area is 216 Å². The molecule has 5 rings (SSSR count). The lowest BCUT2D eigenvalue weighted by Crippen LogP contribution is -2.29. The van der Waals surface area contributed by atoms with Crippen LogP contribution in [0.1, 0.15) is 56.2 Å². The number of aliphatic hydroxyl groups is 1. The van der Waals surface area contributed by atoms with E-state index in [1.807, 2.05) is 64.2 Å². The zero-order valence-electron chi connectivity index (χ0n) is 21.9. The minimum absolute atomic E-state index is 0.162. The summed E-state index contributed by atoms with van der Waals surface area (Å²) in [6.45, 7) is 10.2. The molecule has 0 saturated heterocycles. The monoisotopic (exact) mass is 500 g/mol. The second-order valence-electron chi connectivity index (χ2n) is 10.3. The van der Waals surface area contributed by atoms with Crippen LogP contribution in [0.15, 0.2) is 42.6 Å². The smallest absolute Gasteiger partial charge is 0.339 e. The van der Waals surface area contributed by atoms with Crippen molar-refractivity contribution in [2.24, 2.45) is 0 Å². The Bertz CT molecular complexity index is 1500. The SMILES string of the molecule is CCOC(=O)[C@@H](OC(C)(C)C)c1c(C)cc2nc(CO)ccc2c1-c1ccc2c3c(ccnc13)CCO2. The molecule has 0 amide bonds. The van der Waals surface area contributed by atoms with Gasteiger partial charge in [-0.2, -0.15) is 0 Å². The Balaban J connectivity index is 1.89. The summed E-state index contributed by atoms with van der Waals surface area (Å²) in [4.78, 5) is 22.9. The Morgan fingerprint density at radius 1 is 1.19 bits per heavy atom. The summed E-state index contributed by atoms with van der Waals surface area (Å²) in [7, 11) is 0. The van der Waals surface area contributed by atoms with Crippen molar-refractivity contribution in [1.29, 1.82) is 0 Å². The number of nitrogens with zero attached hydrogens (tertiary/aromatic N) is 2. The number of pyridine rings is 2. The van der Waals surface area contributed by atoms with Crippen LogP contribution in [0.3, 0.4) is 0 Å². The second kappa shape index (κ2) is 9.72. The van der Waals surface area contributed by atoms with Crippen LogP contribution in [0.2, 0.25) is 0 Å². The molecule has 2 aromatic carbocycles. The van der Waals surface area contributed by atoms with E-state index in [4.69, 9.17) is 19.2 Å². The minimum Gasteiger partial charge on any atom is -0.493 e. The van der Waals surface area contributed by atoms with Gasteiger partial charge in [-0.3, -0.25) is 9.97 Å². The first-order chi connectivity index (χ1) is 17.7. The van der Waals surface area contributed by atoms with Crippen LogP contribution in [0, 0.1) is 6.92 Å². The van der Waals surface area contributed by atoms with Gasteiger partial charge in [0.1, 0.15) is 5.75 Å². The van der Waals surface area contributed by atoms with Gasteiger partial charge in [0, 0.05) is 34.5 Å². The molecule has 3 heterocycles. The maximum Gasteiger partial charge on any atom is 0.339 e. The van der Waals surface area contributed by atoms with Crippen LogP contribution in [0.25, 0.3) is 32.9 Å². The van der Waals surface area contributed by atoms with E-state index >= 15 is 0 Å². The Morgan fingerprint density at radius 3 is 2.73 bits per heavy atom. The molecular weight excluding hydrogens is 468 g/mol. The van der Waals surface area contributed by atoms with Gasteiger partial charge >= 0.3 is 5.97 Å². The fourth-order valence-electron chi connectivity index (χ4n) is 5.08. The first-order valence-electron chi connectivity index (χ1n) is 12.6. The number of hydrogen-bond acceptors (Lipinski definition) is 7. The number of aromatic nitrogens is 2.